The summed E-state index contributed by atoms with van der Waals surface area (Å²) in [6.07, 6.45) is 2.22. The molecule has 0 radical (unpaired) electrons. The third-order valence-electron chi connectivity index (χ3n) is 4.11. The average Bonchev–Trinajstić information content (AvgIpc) is 2.70. The maximum atomic E-state index is 12.3. The predicted octanol–water partition coefficient (Wildman–Crippen LogP) is 4.00. The van der Waals surface area contributed by atoms with Crippen molar-refractivity contribution in [3.8, 4) is 17.2 Å². The van der Waals surface area contributed by atoms with Gasteiger partial charge in [0.1, 0.15) is 23.9 Å². The molecule has 0 aromatic heterocycles. The molecule has 0 aliphatic carbocycles. The molecule has 0 unspecified atom stereocenters. The Labute approximate surface area is 161 Å². The quantitative estimate of drug-likeness (QED) is 0.607. The summed E-state index contributed by atoms with van der Waals surface area (Å²) in [6.45, 7) is 4.91. The van der Waals surface area contributed by atoms with Gasteiger partial charge in [0.25, 0.3) is 5.91 Å². The fourth-order valence-electron chi connectivity index (χ4n) is 2.66. The summed E-state index contributed by atoms with van der Waals surface area (Å²) < 4.78 is 16.6. The number of hydrogen-bond acceptors (Lipinski definition) is 4. The molecule has 0 spiro atoms. The van der Waals surface area contributed by atoms with E-state index >= 15 is 0 Å². The average molecular weight is 371 g/mol. The number of benzene rings is 2. The van der Waals surface area contributed by atoms with E-state index in [2.05, 4.69) is 24.4 Å². The number of methoxy groups -OCH3 is 1. The summed E-state index contributed by atoms with van der Waals surface area (Å²) in [7, 11) is 1.60. The smallest absolute Gasteiger partial charge is 0.261 e. The molecule has 0 aliphatic rings. The van der Waals surface area contributed by atoms with Gasteiger partial charge in [-0.2, -0.15) is 0 Å². The molecule has 1 atom stereocenters. The van der Waals surface area contributed by atoms with Crippen LogP contribution < -0.4 is 19.5 Å². The van der Waals surface area contributed by atoms with E-state index in [9.17, 15) is 4.79 Å². The fourth-order valence-corrected chi connectivity index (χ4v) is 2.66. The summed E-state index contributed by atoms with van der Waals surface area (Å²) >= 11 is 0. The molecule has 0 saturated heterocycles. The molecule has 0 saturated carbocycles. The van der Waals surface area contributed by atoms with Gasteiger partial charge in [-0.3, -0.25) is 4.79 Å². The van der Waals surface area contributed by atoms with Gasteiger partial charge in [0.05, 0.1) is 13.7 Å². The van der Waals surface area contributed by atoms with Gasteiger partial charge in [0, 0.05) is 6.07 Å². The van der Waals surface area contributed by atoms with Crippen molar-refractivity contribution in [2.45, 2.75) is 39.2 Å². The van der Waals surface area contributed by atoms with Gasteiger partial charge in [-0.1, -0.05) is 38.5 Å². The zero-order valence-corrected chi connectivity index (χ0v) is 16.4. The first-order valence-corrected chi connectivity index (χ1v) is 9.46. The lowest BCUT2D eigenvalue weighted by atomic mass is 10.1. The third kappa shape index (κ3) is 6.85. The SMILES string of the molecule is CCCc1ccc(OCCNC(=O)[C@H](CC)Oc2cccc(OC)c2)cc1. The van der Waals surface area contributed by atoms with Crippen molar-refractivity contribution >= 4 is 5.91 Å². The first-order chi connectivity index (χ1) is 13.2. The van der Waals surface area contributed by atoms with Crippen molar-refractivity contribution in [1.82, 2.24) is 5.32 Å². The Kier molecular flexibility index (Phi) is 8.49. The molecule has 0 bridgehead atoms. The summed E-state index contributed by atoms with van der Waals surface area (Å²) in [5, 5.41) is 2.86. The monoisotopic (exact) mass is 371 g/mol. The van der Waals surface area contributed by atoms with Crippen molar-refractivity contribution in [3.05, 3.63) is 54.1 Å². The van der Waals surface area contributed by atoms with Crippen molar-refractivity contribution < 1.29 is 19.0 Å². The number of carbonyl (C=O) groups is 1. The number of rotatable bonds is 11. The number of nitrogens with one attached hydrogen (secondary N) is 1. The molecular formula is C22H29NO4. The Balaban J connectivity index is 1.75. The molecule has 1 N–H and O–H groups in total. The van der Waals surface area contributed by atoms with Gasteiger partial charge in [0.2, 0.25) is 0 Å². The number of ether oxygens (including phenoxy) is 3. The summed E-state index contributed by atoms with van der Waals surface area (Å²) in [5.74, 6) is 1.96. The molecule has 0 heterocycles. The highest BCUT2D eigenvalue weighted by atomic mass is 16.5. The number of carbonyl (C=O) groups excluding carboxylic acids is 1. The van der Waals surface area contributed by atoms with E-state index in [-0.39, 0.29) is 5.91 Å². The summed E-state index contributed by atoms with van der Waals surface area (Å²) in [4.78, 5) is 12.3. The van der Waals surface area contributed by atoms with Crippen molar-refractivity contribution in [3.63, 3.8) is 0 Å². The highest BCUT2D eigenvalue weighted by Gasteiger charge is 2.18. The number of aryl methyl sites for hydroxylation is 1. The molecule has 2 rings (SSSR count). The Morgan fingerprint density at radius 1 is 1.04 bits per heavy atom. The minimum Gasteiger partial charge on any atom is -0.497 e. The third-order valence-corrected chi connectivity index (χ3v) is 4.11. The van der Waals surface area contributed by atoms with Gasteiger partial charge in [-0.05, 0) is 42.7 Å². The van der Waals surface area contributed by atoms with Crippen molar-refractivity contribution in [2.24, 2.45) is 0 Å². The lowest BCUT2D eigenvalue weighted by Gasteiger charge is -2.18. The van der Waals surface area contributed by atoms with E-state index in [0.717, 1.165) is 18.6 Å². The topological polar surface area (TPSA) is 56.8 Å². The van der Waals surface area contributed by atoms with Gasteiger partial charge in [-0.25, -0.2) is 0 Å². The zero-order valence-electron chi connectivity index (χ0n) is 16.4. The molecule has 2 aromatic rings. The summed E-state index contributed by atoms with van der Waals surface area (Å²) in [5.41, 5.74) is 1.30. The molecule has 27 heavy (non-hydrogen) atoms. The van der Waals surface area contributed by atoms with Crippen LogP contribution in [0.15, 0.2) is 48.5 Å². The fraction of sp³-hybridized carbons (Fsp3) is 0.409. The van der Waals surface area contributed by atoms with E-state index in [1.54, 1.807) is 13.2 Å². The van der Waals surface area contributed by atoms with Crippen LogP contribution in [0.25, 0.3) is 0 Å². The molecule has 0 aliphatic heterocycles. The van der Waals surface area contributed by atoms with Crippen LogP contribution in [0, 0.1) is 0 Å². The van der Waals surface area contributed by atoms with Gasteiger partial charge in [-0.15, -0.1) is 0 Å². The minimum atomic E-state index is -0.551. The maximum Gasteiger partial charge on any atom is 0.261 e. The Morgan fingerprint density at radius 3 is 2.44 bits per heavy atom. The van der Waals surface area contributed by atoms with E-state index in [1.807, 2.05) is 37.3 Å². The Hall–Kier alpha value is -2.69. The molecular weight excluding hydrogens is 342 g/mol. The van der Waals surface area contributed by atoms with Crippen LogP contribution >= 0.6 is 0 Å². The van der Waals surface area contributed by atoms with Crippen LogP contribution in [-0.4, -0.2) is 32.3 Å². The maximum absolute atomic E-state index is 12.3. The van der Waals surface area contributed by atoms with Crippen LogP contribution in [-0.2, 0) is 11.2 Å². The second kappa shape index (κ2) is 11.1. The first kappa shape index (κ1) is 20.6. The zero-order chi connectivity index (χ0) is 19.5. The van der Waals surface area contributed by atoms with E-state index in [4.69, 9.17) is 14.2 Å². The van der Waals surface area contributed by atoms with Crippen LogP contribution in [0.2, 0.25) is 0 Å². The molecule has 1 amide bonds. The highest BCUT2D eigenvalue weighted by molar-refractivity contribution is 5.81. The van der Waals surface area contributed by atoms with E-state index in [0.29, 0.717) is 31.1 Å². The van der Waals surface area contributed by atoms with Crippen LogP contribution in [0.1, 0.15) is 32.3 Å². The predicted molar refractivity (Wildman–Crippen MR) is 107 cm³/mol. The lowest BCUT2D eigenvalue weighted by Crippen LogP contribution is -2.39. The minimum absolute atomic E-state index is 0.151. The Morgan fingerprint density at radius 2 is 1.78 bits per heavy atom. The highest BCUT2D eigenvalue weighted by Crippen LogP contribution is 2.20. The molecule has 5 heteroatoms. The standard InChI is InChI=1S/C22H29NO4/c1-4-7-17-10-12-18(13-11-17)26-15-14-23-22(24)21(5-2)27-20-9-6-8-19(16-20)25-3/h6,8-13,16,21H,4-5,7,14-15H2,1-3H3,(H,23,24)/t21-/m0/s1. The Bertz CT molecular complexity index is 700. The second-order valence-corrected chi connectivity index (χ2v) is 6.23. The second-order valence-electron chi connectivity index (χ2n) is 6.23. The summed E-state index contributed by atoms with van der Waals surface area (Å²) in [6, 6.07) is 15.3. The van der Waals surface area contributed by atoms with Crippen molar-refractivity contribution in [2.75, 3.05) is 20.3 Å². The molecule has 5 nitrogen and oxygen atoms in total. The van der Waals surface area contributed by atoms with Gasteiger partial charge in [0.15, 0.2) is 6.10 Å². The van der Waals surface area contributed by atoms with Crippen LogP contribution in [0.4, 0.5) is 0 Å². The first-order valence-electron chi connectivity index (χ1n) is 9.46. The van der Waals surface area contributed by atoms with Crippen LogP contribution in [0.3, 0.4) is 0 Å². The normalized spacial score (nSPS) is 11.5. The van der Waals surface area contributed by atoms with E-state index < -0.39 is 6.10 Å². The molecule has 2 aromatic carbocycles. The largest absolute Gasteiger partial charge is 0.497 e. The molecule has 146 valence electrons. The van der Waals surface area contributed by atoms with Gasteiger partial charge < -0.3 is 19.5 Å². The molecule has 0 fully saturated rings. The van der Waals surface area contributed by atoms with Gasteiger partial charge >= 0.3 is 0 Å². The van der Waals surface area contributed by atoms with Crippen LogP contribution in [0.5, 0.6) is 17.2 Å². The number of amides is 1. The number of hydrogen-bond donors (Lipinski definition) is 1. The van der Waals surface area contributed by atoms with E-state index in [1.165, 1.54) is 5.56 Å². The van der Waals surface area contributed by atoms with Crippen molar-refractivity contribution in [1.29, 1.82) is 0 Å². The lowest BCUT2D eigenvalue weighted by molar-refractivity contribution is -0.128.